The van der Waals surface area contributed by atoms with Gasteiger partial charge in [-0.05, 0) is 12.2 Å². The van der Waals surface area contributed by atoms with Gasteiger partial charge in [0.1, 0.15) is 0 Å². The number of alkyl halides is 21. The SMILES string of the molecule is CCCCCCCCCCCS.FC(F)(F)C(F)(F)C(F)(F)C(F)(F)C(F)(F)C(F)(F)C(F)(F)C(F)(F)C(F)(F)C(F)(F)S. The topological polar surface area (TPSA) is 0 Å². The summed E-state index contributed by atoms with van der Waals surface area (Å²) >= 11 is 5.47. The van der Waals surface area contributed by atoms with Gasteiger partial charge in [0.2, 0.25) is 0 Å². The van der Waals surface area contributed by atoms with E-state index in [0.717, 1.165) is 5.75 Å². The van der Waals surface area contributed by atoms with Crippen LogP contribution in [-0.2, 0) is 0 Å². The molecule has 0 aliphatic carbocycles. The minimum Gasteiger partial charge on any atom is -0.192 e. The van der Waals surface area contributed by atoms with E-state index in [2.05, 4.69) is 19.6 Å². The van der Waals surface area contributed by atoms with Gasteiger partial charge in [0, 0.05) is 0 Å². The van der Waals surface area contributed by atoms with Gasteiger partial charge in [-0.15, -0.1) is 0 Å². The number of unbranched alkanes of at least 4 members (excludes halogenated alkanes) is 8. The molecule has 44 heavy (non-hydrogen) atoms. The highest BCUT2D eigenvalue weighted by Crippen LogP contribution is 2.66. The highest BCUT2D eigenvalue weighted by molar-refractivity contribution is 7.81. The third-order valence-electron chi connectivity index (χ3n) is 5.76. The Hall–Kier alpha value is -0.770. The lowest BCUT2D eigenvalue weighted by Crippen LogP contribution is -2.76. The molecule has 0 aliphatic rings. The van der Waals surface area contributed by atoms with Crippen LogP contribution in [0.5, 0.6) is 0 Å². The molecule has 0 fully saturated rings. The summed E-state index contributed by atoms with van der Waals surface area (Å²) in [6.45, 7) is 2.27. The minimum atomic E-state index is -9.15. The van der Waals surface area contributed by atoms with Crippen molar-refractivity contribution in [3.8, 4) is 0 Å². The van der Waals surface area contributed by atoms with Crippen LogP contribution in [0.4, 0.5) is 92.2 Å². The van der Waals surface area contributed by atoms with E-state index >= 15 is 0 Å². The standard InChI is InChI=1S/C11H24S.C10HF21S/c1-2-3-4-5-6-7-8-9-10-11-12;11-1(12,3(15,16)5(19,20)7(23,24)9(27,28)29)2(13,14)4(17,18)6(21,22)8(25,26)10(30,31)32/h12H,2-11H2,1H3;32H. The zero-order valence-electron chi connectivity index (χ0n) is 21.9. The molecule has 0 amide bonds. The Balaban J connectivity index is 0. The maximum absolute atomic E-state index is 13.2. The maximum Gasteiger partial charge on any atom is 0.460 e. The largest absolute Gasteiger partial charge is 0.460 e. The summed E-state index contributed by atoms with van der Waals surface area (Å²) < 4.78 is 267. The van der Waals surface area contributed by atoms with Crippen molar-refractivity contribution in [1.29, 1.82) is 0 Å². The first-order valence-electron chi connectivity index (χ1n) is 12.0. The summed E-state index contributed by atoms with van der Waals surface area (Å²) in [4.78, 5) is 0. The molecule has 0 unspecified atom stereocenters. The Bertz CT molecular complexity index is 791. The van der Waals surface area contributed by atoms with Gasteiger partial charge in [0.05, 0.1) is 0 Å². The van der Waals surface area contributed by atoms with Gasteiger partial charge in [-0.3, -0.25) is 0 Å². The van der Waals surface area contributed by atoms with Gasteiger partial charge in [0.15, 0.2) is 0 Å². The fourth-order valence-electron chi connectivity index (χ4n) is 2.97. The van der Waals surface area contributed by atoms with Gasteiger partial charge in [-0.1, -0.05) is 70.9 Å². The molecule has 0 aromatic heterocycles. The van der Waals surface area contributed by atoms with E-state index in [1.807, 2.05) is 0 Å². The number of rotatable bonds is 17. The predicted octanol–water partition coefficient (Wildman–Crippen LogP) is 11.6. The molecule has 23 heteroatoms. The van der Waals surface area contributed by atoms with Gasteiger partial charge >= 0.3 is 58.8 Å². The molecule has 0 aromatic rings. The van der Waals surface area contributed by atoms with Gasteiger partial charge in [-0.25, -0.2) is 0 Å². The average Bonchev–Trinajstić information content (AvgIpc) is 2.83. The second kappa shape index (κ2) is 15.0. The molecule has 0 N–H and O–H groups in total. The van der Waals surface area contributed by atoms with Crippen molar-refractivity contribution in [2.75, 3.05) is 5.75 Å². The monoisotopic (exact) mass is 740 g/mol. The summed E-state index contributed by atoms with van der Waals surface area (Å²) in [5.74, 6) is -69.0. The van der Waals surface area contributed by atoms with Crippen molar-refractivity contribution in [2.24, 2.45) is 0 Å². The molecule has 0 spiro atoms. The van der Waals surface area contributed by atoms with Crippen LogP contribution in [0.1, 0.15) is 64.7 Å². The molecule has 268 valence electrons. The third kappa shape index (κ3) is 8.38. The molecule has 0 radical (unpaired) electrons. The van der Waals surface area contributed by atoms with Crippen LogP contribution in [0.3, 0.4) is 0 Å². The van der Waals surface area contributed by atoms with Crippen molar-refractivity contribution >= 4 is 25.3 Å². The van der Waals surface area contributed by atoms with Crippen LogP contribution in [0.25, 0.3) is 0 Å². The molecule has 0 aliphatic heterocycles. The van der Waals surface area contributed by atoms with E-state index in [0.29, 0.717) is 0 Å². The molecule has 0 atom stereocenters. The number of hydrogen-bond acceptors (Lipinski definition) is 2. The number of hydrogen-bond donors (Lipinski definition) is 2. The van der Waals surface area contributed by atoms with Crippen molar-refractivity contribution in [2.45, 2.75) is 124 Å². The maximum atomic E-state index is 13.2. The van der Waals surface area contributed by atoms with Crippen molar-refractivity contribution in [1.82, 2.24) is 0 Å². The molecule has 0 aromatic carbocycles. The van der Waals surface area contributed by atoms with E-state index < -0.39 is 58.8 Å². The normalized spacial score (nSPS) is 15.3. The summed E-state index contributed by atoms with van der Waals surface area (Å²) in [6.07, 6.45) is 4.71. The highest BCUT2D eigenvalue weighted by Gasteiger charge is 2.97. The Labute approximate surface area is 247 Å². The Kier molecular flexibility index (Phi) is 15.4. The van der Waals surface area contributed by atoms with E-state index in [1.165, 1.54) is 70.4 Å². The number of halogens is 21. The third-order valence-corrected chi connectivity index (χ3v) is 6.35. The first-order chi connectivity index (χ1) is 19.2. The van der Waals surface area contributed by atoms with Crippen LogP contribution < -0.4 is 0 Å². The Morgan fingerprint density at radius 2 is 0.568 bits per heavy atom. The van der Waals surface area contributed by atoms with Gasteiger partial charge < -0.3 is 0 Å². The molecule has 0 rings (SSSR count). The Morgan fingerprint density at radius 3 is 0.795 bits per heavy atom. The van der Waals surface area contributed by atoms with Crippen molar-refractivity contribution < 1.29 is 92.2 Å². The van der Waals surface area contributed by atoms with Crippen LogP contribution in [0.2, 0.25) is 0 Å². The van der Waals surface area contributed by atoms with Gasteiger partial charge in [0.25, 0.3) is 0 Å². The lowest BCUT2D eigenvalue weighted by atomic mass is 9.87. The smallest absolute Gasteiger partial charge is 0.192 e. The fourth-order valence-corrected chi connectivity index (χ4v) is 3.34. The summed E-state index contributed by atoms with van der Waals surface area (Å²) in [5, 5.41) is -6.83. The Morgan fingerprint density at radius 1 is 0.341 bits per heavy atom. The van der Waals surface area contributed by atoms with E-state index in [-0.39, 0.29) is 0 Å². The summed E-state index contributed by atoms with van der Waals surface area (Å²) in [7, 11) is 0. The first kappa shape index (κ1) is 45.4. The molecule has 0 saturated heterocycles. The summed E-state index contributed by atoms with van der Waals surface area (Å²) in [5.41, 5.74) is 0. The highest BCUT2D eigenvalue weighted by atomic mass is 32.1. The van der Waals surface area contributed by atoms with Gasteiger partial charge in [-0.2, -0.15) is 105 Å². The molecule has 0 heterocycles. The van der Waals surface area contributed by atoms with Crippen LogP contribution in [0, 0.1) is 0 Å². The second-order valence-electron chi connectivity index (χ2n) is 9.19. The lowest BCUT2D eigenvalue weighted by Gasteiger charge is -2.44. The van der Waals surface area contributed by atoms with Crippen molar-refractivity contribution in [3.63, 3.8) is 0 Å². The summed E-state index contributed by atoms with van der Waals surface area (Å²) in [6, 6.07) is 0. The molecule has 0 nitrogen and oxygen atoms in total. The zero-order valence-corrected chi connectivity index (χ0v) is 23.7. The van der Waals surface area contributed by atoms with Crippen LogP contribution >= 0.6 is 25.3 Å². The van der Waals surface area contributed by atoms with Crippen LogP contribution in [0.15, 0.2) is 0 Å². The zero-order chi connectivity index (χ0) is 36.1. The number of thiol groups is 2. The minimum absolute atomic E-state index is 1.07. The van der Waals surface area contributed by atoms with E-state index in [1.54, 1.807) is 0 Å². The molecule has 0 saturated carbocycles. The van der Waals surface area contributed by atoms with E-state index in [9.17, 15) is 92.2 Å². The average molecular weight is 741 g/mol. The molecular weight excluding hydrogens is 715 g/mol. The van der Waals surface area contributed by atoms with E-state index in [4.69, 9.17) is 0 Å². The fraction of sp³-hybridized carbons (Fsp3) is 1.00. The molecule has 0 bridgehead atoms. The second-order valence-corrected chi connectivity index (χ2v) is 10.2. The van der Waals surface area contributed by atoms with Crippen molar-refractivity contribution in [3.05, 3.63) is 0 Å². The first-order valence-corrected chi connectivity index (χ1v) is 13.0. The lowest BCUT2D eigenvalue weighted by molar-refractivity contribution is -0.471. The molecular formula is C21H25F21S2. The predicted molar refractivity (Wildman–Crippen MR) is 121 cm³/mol. The quantitative estimate of drug-likeness (QED) is 0.0828. The van der Waals surface area contributed by atoms with Crippen LogP contribution in [-0.4, -0.2) is 64.6 Å².